The molecule has 2 aromatic rings. The highest BCUT2D eigenvalue weighted by atomic mass is 16.5. The maximum atomic E-state index is 12.3. The van der Waals surface area contributed by atoms with Gasteiger partial charge >= 0.3 is 11.9 Å². The lowest BCUT2D eigenvalue weighted by Crippen LogP contribution is -2.15. The zero-order chi connectivity index (χ0) is 19.6. The second-order valence-electron chi connectivity index (χ2n) is 6.76. The first-order valence-electron chi connectivity index (χ1n) is 9.59. The van der Waals surface area contributed by atoms with Gasteiger partial charge in [-0.3, -0.25) is 4.79 Å². The first-order valence-corrected chi connectivity index (χ1v) is 9.59. The third-order valence-electron chi connectivity index (χ3n) is 4.34. The summed E-state index contributed by atoms with van der Waals surface area (Å²) in [7, 11) is 0. The Bertz CT molecular complexity index is 732. The molecule has 1 unspecified atom stereocenters. The normalized spacial score (nSPS) is 11.7. The molecule has 0 bridgehead atoms. The van der Waals surface area contributed by atoms with Crippen LogP contribution in [-0.2, 0) is 9.53 Å². The Hall–Kier alpha value is -2.62. The largest absolute Gasteiger partial charge is 0.459 e. The lowest BCUT2D eigenvalue weighted by molar-refractivity contribution is -0.131. The molecule has 27 heavy (non-hydrogen) atoms. The van der Waals surface area contributed by atoms with Crippen LogP contribution < -0.4 is 4.74 Å². The Morgan fingerprint density at radius 3 is 2.04 bits per heavy atom. The lowest BCUT2D eigenvalue weighted by atomic mass is 10.0. The van der Waals surface area contributed by atoms with Crippen molar-refractivity contribution < 1.29 is 19.1 Å². The van der Waals surface area contributed by atoms with Gasteiger partial charge in [0.25, 0.3) is 0 Å². The third kappa shape index (κ3) is 6.89. The summed E-state index contributed by atoms with van der Waals surface area (Å²) in [5, 5.41) is 0. The predicted octanol–water partition coefficient (Wildman–Crippen LogP) is 5.79. The van der Waals surface area contributed by atoms with Crippen LogP contribution in [0.15, 0.2) is 48.5 Å². The van der Waals surface area contributed by atoms with E-state index in [0.717, 1.165) is 24.0 Å². The number of hydrogen-bond donors (Lipinski definition) is 0. The van der Waals surface area contributed by atoms with Gasteiger partial charge in [0.1, 0.15) is 5.75 Å². The van der Waals surface area contributed by atoms with E-state index < -0.39 is 0 Å². The van der Waals surface area contributed by atoms with Crippen LogP contribution in [0.3, 0.4) is 0 Å². The quantitative estimate of drug-likeness (QED) is 0.319. The van der Waals surface area contributed by atoms with Gasteiger partial charge in [-0.25, -0.2) is 4.79 Å². The summed E-state index contributed by atoms with van der Waals surface area (Å²) < 4.78 is 10.6. The van der Waals surface area contributed by atoms with Gasteiger partial charge in [-0.15, -0.1) is 0 Å². The van der Waals surface area contributed by atoms with E-state index in [1.165, 1.54) is 26.2 Å². The fourth-order valence-electron chi connectivity index (χ4n) is 2.85. The molecule has 0 fully saturated rings. The minimum absolute atomic E-state index is 0.0668. The Kier molecular flexibility index (Phi) is 8.05. The number of rotatable bonds is 9. The number of carbonyl (C=O) groups excluding carboxylic acids is 2. The van der Waals surface area contributed by atoms with Gasteiger partial charge in [0.2, 0.25) is 0 Å². The topological polar surface area (TPSA) is 52.6 Å². The van der Waals surface area contributed by atoms with Crippen LogP contribution in [0.1, 0.15) is 63.2 Å². The van der Waals surface area contributed by atoms with Crippen molar-refractivity contribution in [2.75, 3.05) is 0 Å². The Labute approximate surface area is 161 Å². The summed E-state index contributed by atoms with van der Waals surface area (Å²) in [6.45, 7) is 5.50. The standard InChI is InChI=1S/C23H28O4/c1-4-5-6-7-8-17(2)26-23(25)21-11-9-19(10-12-21)20-13-15-22(16-14-20)27-18(3)24/h9-17H,4-8H2,1-3H3. The van der Waals surface area contributed by atoms with Gasteiger partial charge in [0, 0.05) is 6.92 Å². The van der Waals surface area contributed by atoms with Crippen LogP contribution in [0.2, 0.25) is 0 Å². The molecule has 0 N–H and O–H groups in total. The average molecular weight is 368 g/mol. The maximum absolute atomic E-state index is 12.3. The highest BCUT2D eigenvalue weighted by Crippen LogP contribution is 2.23. The Morgan fingerprint density at radius 2 is 1.48 bits per heavy atom. The van der Waals surface area contributed by atoms with Crippen molar-refractivity contribution in [1.29, 1.82) is 0 Å². The molecule has 1 atom stereocenters. The molecular formula is C23H28O4. The van der Waals surface area contributed by atoms with Gasteiger partial charge < -0.3 is 9.47 Å². The molecular weight excluding hydrogens is 340 g/mol. The van der Waals surface area contributed by atoms with Crippen LogP contribution in [0.5, 0.6) is 5.75 Å². The molecule has 0 aromatic heterocycles. The van der Waals surface area contributed by atoms with Crippen molar-refractivity contribution >= 4 is 11.9 Å². The molecule has 4 heteroatoms. The van der Waals surface area contributed by atoms with Gasteiger partial charge in [-0.1, -0.05) is 50.5 Å². The van der Waals surface area contributed by atoms with Crippen molar-refractivity contribution in [2.45, 2.75) is 59.0 Å². The minimum Gasteiger partial charge on any atom is -0.459 e. The number of unbranched alkanes of at least 4 members (excludes halogenated alkanes) is 3. The first-order chi connectivity index (χ1) is 13.0. The van der Waals surface area contributed by atoms with Gasteiger partial charge in [0.15, 0.2) is 0 Å². The second kappa shape index (κ2) is 10.5. The molecule has 0 aliphatic heterocycles. The zero-order valence-corrected chi connectivity index (χ0v) is 16.4. The molecule has 0 amide bonds. The number of esters is 2. The summed E-state index contributed by atoms with van der Waals surface area (Å²) in [5.74, 6) is -0.112. The van der Waals surface area contributed by atoms with E-state index in [0.29, 0.717) is 11.3 Å². The van der Waals surface area contributed by atoms with E-state index in [1.807, 2.05) is 31.2 Å². The van der Waals surface area contributed by atoms with Crippen molar-refractivity contribution in [2.24, 2.45) is 0 Å². The highest BCUT2D eigenvalue weighted by molar-refractivity contribution is 5.90. The zero-order valence-electron chi connectivity index (χ0n) is 16.4. The summed E-state index contributed by atoms with van der Waals surface area (Å²) in [6, 6.07) is 14.6. The number of carbonyl (C=O) groups is 2. The summed E-state index contributed by atoms with van der Waals surface area (Å²) in [6.07, 6.45) is 5.53. The van der Waals surface area contributed by atoms with Crippen molar-refractivity contribution in [1.82, 2.24) is 0 Å². The van der Waals surface area contributed by atoms with E-state index in [1.54, 1.807) is 24.3 Å². The smallest absolute Gasteiger partial charge is 0.338 e. The maximum Gasteiger partial charge on any atom is 0.338 e. The van der Waals surface area contributed by atoms with Gasteiger partial charge in [-0.2, -0.15) is 0 Å². The fourth-order valence-corrected chi connectivity index (χ4v) is 2.85. The highest BCUT2D eigenvalue weighted by Gasteiger charge is 2.12. The van der Waals surface area contributed by atoms with Gasteiger partial charge in [-0.05, 0) is 55.2 Å². The molecule has 4 nitrogen and oxygen atoms in total. The van der Waals surface area contributed by atoms with E-state index in [2.05, 4.69) is 6.92 Å². The lowest BCUT2D eigenvalue weighted by Gasteiger charge is -2.13. The molecule has 0 heterocycles. The summed E-state index contributed by atoms with van der Waals surface area (Å²) in [5.41, 5.74) is 2.51. The molecule has 0 saturated carbocycles. The van der Waals surface area contributed by atoms with Crippen LogP contribution in [0.4, 0.5) is 0 Å². The molecule has 0 radical (unpaired) electrons. The van der Waals surface area contributed by atoms with Crippen LogP contribution in [0.25, 0.3) is 11.1 Å². The number of benzene rings is 2. The van der Waals surface area contributed by atoms with Crippen molar-refractivity contribution in [3.8, 4) is 16.9 Å². The van der Waals surface area contributed by atoms with E-state index in [4.69, 9.17) is 9.47 Å². The molecule has 2 aromatic carbocycles. The number of ether oxygens (including phenoxy) is 2. The average Bonchev–Trinajstić information content (AvgIpc) is 2.65. The van der Waals surface area contributed by atoms with Crippen LogP contribution in [-0.4, -0.2) is 18.0 Å². The fraction of sp³-hybridized carbons (Fsp3) is 0.391. The third-order valence-corrected chi connectivity index (χ3v) is 4.34. The molecule has 0 spiro atoms. The first kappa shape index (κ1) is 20.7. The van der Waals surface area contributed by atoms with E-state index in [9.17, 15) is 9.59 Å². The van der Waals surface area contributed by atoms with Crippen molar-refractivity contribution in [3.05, 3.63) is 54.1 Å². The van der Waals surface area contributed by atoms with Crippen LogP contribution in [0, 0.1) is 0 Å². The Morgan fingerprint density at radius 1 is 0.889 bits per heavy atom. The number of hydrogen-bond acceptors (Lipinski definition) is 4. The SMILES string of the molecule is CCCCCCC(C)OC(=O)c1ccc(-c2ccc(OC(C)=O)cc2)cc1. The molecule has 2 rings (SSSR count). The molecule has 0 aliphatic rings. The van der Waals surface area contributed by atoms with Crippen molar-refractivity contribution in [3.63, 3.8) is 0 Å². The predicted molar refractivity (Wildman–Crippen MR) is 107 cm³/mol. The van der Waals surface area contributed by atoms with E-state index in [-0.39, 0.29) is 18.0 Å². The van der Waals surface area contributed by atoms with Gasteiger partial charge in [0.05, 0.1) is 11.7 Å². The molecule has 144 valence electrons. The minimum atomic E-state index is -0.342. The molecule has 0 aliphatic carbocycles. The second-order valence-corrected chi connectivity index (χ2v) is 6.76. The summed E-state index contributed by atoms with van der Waals surface area (Å²) >= 11 is 0. The molecule has 0 saturated heterocycles. The Balaban J connectivity index is 1.92. The monoisotopic (exact) mass is 368 g/mol. The summed E-state index contributed by atoms with van der Waals surface area (Å²) in [4.78, 5) is 23.2. The van der Waals surface area contributed by atoms with Crippen LogP contribution >= 0.6 is 0 Å². The van der Waals surface area contributed by atoms with E-state index >= 15 is 0 Å².